The third-order valence-electron chi connectivity index (χ3n) is 3.84. The molecule has 2 heterocycles. The summed E-state index contributed by atoms with van der Waals surface area (Å²) < 4.78 is 5.79. The number of pyridine rings is 1. The van der Waals surface area contributed by atoms with Gasteiger partial charge in [0.05, 0.1) is 29.8 Å². The largest absolute Gasteiger partial charge is 0.481 e. The van der Waals surface area contributed by atoms with E-state index in [1.54, 1.807) is 0 Å². The quantitative estimate of drug-likeness (QED) is 0.943. The summed E-state index contributed by atoms with van der Waals surface area (Å²) in [5, 5.41) is 10.1. The van der Waals surface area contributed by atoms with Crippen LogP contribution in [0.3, 0.4) is 0 Å². The fourth-order valence-corrected chi connectivity index (χ4v) is 3.09. The molecule has 1 N–H and O–H groups in total. The number of para-hydroxylation sites is 1. The molecule has 2 atom stereocenters. The highest BCUT2D eigenvalue weighted by Gasteiger charge is 2.24. The van der Waals surface area contributed by atoms with Crippen molar-refractivity contribution < 1.29 is 14.6 Å². The summed E-state index contributed by atoms with van der Waals surface area (Å²) in [6.45, 7) is 5.71. The topological polar surface area (TPSA) is 62.7 Å². The first-order valence-electron chi connectivity index (χ1n) is 7.54. The second-order valence-corrected chi connectivity index (χ2v) is 5.88. The van der Waals surface area contributed by atoms with E-state index in [9.17, 15) is 4.79 Å². The van der Waals surface area contributed by atoms with Crippen LogP contribution in [0.15, 0.2) is 30.3 Å². The zero-order valence-corrected chi connectivity index (χ0v) is 12.8. The van der Waals surface area contributed by atoms with E-state index >= 15 is 0 Å². The van der Waals surface area contributed by atoms with Crippen LogP contribution in [-0.4, -0.2) is 41.4 Å². The van der Waals surface area contributed by atoms with E-state index in [-0.39, 0.29) is 18.6 Å². The summed E-state index contributed by atoms with van der Waals surface area (Å²) in [5.41, 5.74) is 2.47. The van der Waals surface area contributed by atoms with E-state index in [0.29, 0.717) is 5.69 Å². The molecule has 1 aliphatic rings. The summed E-state index contributed by atoms with van der Waals surface area (Å²) in [7, 11) is 0. The Morgan fingerprint density at radius 3 is 2.68 bits per heavy atom. The molecule has 1 aliphatic heterocycles. The van der Waals surface area contributed by atoms with Crippen molar-refractivity contribution >= 4 is 22.6 Å². The van der Waals surface area contributed by atoms with E-state index in [0.717, 1.165) is 29.7 Å². The monoisotopic (exact) mass is 300 g/mol. The second-order valence-electron chi connectivity index (χ2n) is 5.88. The maximum Gasteiger partial charge on any atom is 0.309 e. The lowest BCUT2D eigenvalue weighted by molar-refractivity contribution is -0.136. The minimum Gasteiger partial charge on any atom is -0.481 e. The molecule has 0 spiro atoms. The van der Waals surface area contributed by atoms with Gasteiger partial charge in [-0.1, -0.05) is 18.2 Å². The van der Waals surface area contributed by atoms with Gasteiger partial charge < -0.3 is 14.7 Å². The molecule has 0 amide bonds. The Labute approximate surface area is 129 Å². The van der Waals surface area contributed by atoms with Crippen LogP contribution in [0.5, 0.6) is 0 Å². The van der Waals surface area contributed by atoms with Gasteiger partial charge in [0.2, 0.25) is 0 Å². The van der Waals surface area contributed by atoms with Gasteiger partial charge in [0.25, 0.3) is 0 Å². The summed E-state index contributed by atoms with van der Waals surface area (Å²) in [5.74, 6) is -0.863. The zero-order chi connectivity index (χ0) is 15.7. The van der Waals surface area contributed by atoms with Crippen molar-refractivity contribution in [1.82, 2.24) is 4.98 Å². The first-order chi connectivity index (χ1) is 10.5. The lowest BCUT2D eigenvalue weighted by Gasteiger charge is -2.37. The number of hydrogen-bond acceptors (Lipinski definition) is 4. The average molecular weight is 300 g/mol. The molecule has 1 aromatic heterocycles. The second kappa shape index (κ2) is 5.93. The number of nitrogens with zero attached hydrogens (tertiary/aromatic N) is 2. The molecule has 0 saturated carbocycles. The van der Waals surface area contributed by atoms with Crippen LogP contribution in [0.1, 0.15) is 19.5 Å². The molecular weight excluding hydrogens is 280 g/mol. The highest BCUT2D eigenvalue weighted by atomic mass is 16.5. The fourth-order valence-electron chi connectivity index (χ4n) is 3.09. The molecular formula is C17H20N2O3. The van der Waals surface area contributed by atoms with Crippen LogP contribution < -0.4 is 4.90 Å². The van der Waals surface area contributed by atoms with Crippen molar-refractivity contribution in [2.75, 3.05) is 18.0 Å². The van der Waals surface area contributed by atoms with Crippen LogP contribution in [0, 0.1) is 0 Å². The molecule has 0 bridgehead atoms. The molecule has 2 aromatic rings. The first kappa shape index (κ1) is 14.8. The molecule has 22 heavy (non-hydrogen) atoms. The lowest BCUT2D eigenvalue weighted by atomic mass is 10.1. The van der Waals surface area contributed by atoms with Gasteiger partial charge in [0, 0.05) is 24.2 Å². The van der Waals surface area contributed by atoms with Crippen molar-refractivity contribution in [1.29, 1.82) is 0 Å². The number of morpholine rings is 1. The number of ether oxygens (including phenoxy) is 1. The summed E-state index contributed by atoms with van der Waals surface area (Å²) in [6, 6.07) is 9.78. The number of hydrogen-bond donors (Lipinski definition) is 1. The number of anilines is 1. The first-order valence-corrected chi connectivity index (χ1v) is 7.54. The fraction of sp³-hybridized carbons (Fsp3) is 0.412. The third-order valence-corrected chi connectivity index (χ3v) is 3.84. The third kappa shape index (κ3) is 3.04. The Kier molecular flexibility index (Phi) is 3.98. The van der Waals surface area contributed by atoms with Gasteiger partial charge in [-0.3, -0.25) is 9.78 Å². The minimum absolute atomic E-state index is 0.0622. The van der Waals surface area contributed by atoms with Crippen molar-refractivity contribution in [3.63, 3.8) is 0 Å². The van der Waals surface area contributed by atoms with Gasteiger partial charge in [0.15, 0.2) is 0 Å². The van der Waals surface area contributed by atoms with E-state index in [1.807, 2.05) is 30.3 Å². The van der Waals surface area contributed by atoms with Gasteiger partial charge in [-0.15, -0.1) is 0 Å². The van der Waals surface area contributed by atoms with Crippen LogP contribution in [-0.2, 0) is 16.0 Å². The van der Waals surface area contributed by atoms with Crippen molar-refractivity contribution in [2.24, 2.45) is 0 Å². The van der Waals surface area contributed by atoms with Gasteiger partial charge in [-0.05, 0) is 26.0 Å². The van der Waals surface area contributed by atoms with Crippen LogP contribution in [0.25, 0.3) is 10.9 Å². The molecule has 5 nitrogen and oxygen atoms in total. The smallest absolute Gasteiger partial charge is 0.309 e. The number of carboxylic acid groups (broad SMARTS) is 1. The molecule has 1 saturated heterocycles. The van der Waals surface area contributed by atoms with E-state index < -0.39 is 5.97 Å². The van der Waals surface area contributed by atoms with Crippen molar-refractivity contribution in [3.05, 3.63) is 36.0 Å². The van der Waals surface area contributed by atoms with E-state index in [2.05, 4.69) is 23.7 Å². The van der Waals surface area contributed by atoms with Crippen LogP contribution >= 0.6 is 0 Å². The minimum atomic E-state index is -0.863. The number of fused-ring (bicyclic) bond motifs is 1. The van der Waals surface area contributed by atoms with Gasteiger partial charge in [0.1, 0.15) is 0 Å². The Bertz CT molecular complexity index is 691. The highest BCUT2D eigenvalue weighted by Crippen LogP contribution is 2.29. The number of carbonyl (C=O) groups is 1. The van der Waals surface area contributed by atoms with Gasteiger partial charge in [-0.2, -0.15) is 0 Å². The maximum absolute atomic E-state index is 11.0. The molecule has 116 valence electrons. The predicted molar refractivity (Wildman–Crippen MR) is 85.3 cm³/mol. The summed E-state index contributed by atoms with van der Waals surface area (Å²) in [6.07, 6.45) is 0.241. The van der Waals surface area contributed by atoms with Crippen LogP contribution in [0.2, 0.25) is 0 Å². The van der Waals surface area contributed by atoms with E-state index in [1.165, 1.54) is 0 Å². The normalized spacial score (nSPS) is 22.0. The van der Waals surface area contributed by atoms with Gasteiger partial charge >= 0.3 is 5.97 Å². The molecule has 2 unspecified atom stereocenters. The predicted octanol–water partition coefficient (Wildman–Crippen LogP) is 2.48. The summed E-state index contributed by atoms with van der Waals surface area (Å²) in [4.78, 5) is 17.8. The number of rotatable bonds is 3. The maximum atomic E-state index is 11.0. The highest BCUT2D eigenvalue weighted by molar-refractivity contribution is 5.92. The molecule has 0 aliphatic carbocycles. The molecule has 0 radical (unpaired) electrons. The lowest BCUT2D eigenvalue weighted by Crippen LogP contribution is -2.45. The van der Waals surface area contributed by atoms with Crippen molar-refractivity contribution in [2.45, 2.75) is 32.5 Å². The molecule has 3 rings (SSSR count). The number of aromatic nitrogens is 1. The average Bonchev–Trinajstić information content (AvgIpc) is 2.44. The van der Waals surface area contributed by atoms with Crippen LogP contribution in [0.4, 0.5) is 5.69 Å². The number of aliphatic carboxylic acids is 1. The molecule has 1 aromatic carbocycles. The zero-order valence-electron chi connectivity index (χ0n) is 12.8. The molecule has 1 fully saturated rings. The Balaban J connectivity index is 2.07. The number of benzene rings is 1. The van der Waals surface area contributed by atoms with Gasteiger partial charge in [-0.25, -0.2) is 0 Å². The SMILES string of the molecule is CC1CN(c2cc(CC(=O)O)nc3ccccc23)CC(C)O1. The van der Waals surface area contributed by atoms with Crippen molar-refractivity contribution in [3.8, 4) is 0 Å². The Morgan fingerprint density at radius 1 is 1.32 bits per heavy atom. The standard InChI is InChI=1S/C17H20N2O3/c1-11-9-19(10-12(2)22-11)16-7-13(8-17(20)21)18-15-6-4-3-5-14(15)16/h3-7,11-12H,8-10H2,1-2H3,(H,20,21). The number of carboxylic acids is 1. The molecule has 5 heteroatoms. The Morgan fingerprint density at radius 2 is 2.00 bits per heavy atom. The summed E-state index contributed by atoms with van der Waals surface area (Å²) >= 11 is 0. The van der Waals surface area contributed by atoms with E-state index in [4.69, 9.17) is 9.84 Å². The Hall–Kier alpha value is -2.14.